The van der Waals surface area contributed by atoms with E-state index in [2.05, 4.69) is 10.3 Å². The first-order valence-corrected chi connectivity index (χ1v) is 9.21. The Morgan fingerprint density at radius 3 is 2.21 bits per heavy atom. The molecule has 0 aliphatic carbocycles. The Kier molecular flexibility index (Phi) is 9.86. The number of halogens is 5. The van der Waals surface area contributed by atoms with Gasteiger partial charge in [0.05, 0.1) is 16.0 Å². The van der Waals surface area contributed by atoms with Crippen LogP contribution in [0.1, 0.15) is 16.8 Å². The molecule has 3 rings (SSSR count). The maximum Gasteiger partial charge on any atom is 0.433 e. The van der Waals surface area contributed by atoms with Crippen LogP contribution in [0.25, 0.3) is 5.32 Å². The molecule has 1 aliphatic rings. The number of alkyl halides is 3. The molecule has 0 radical (unpaired) electrons. The molecule has 0 amide bonds. The van der Waals surface area contributed by atoms with Gasteiger partial charge < -0.3 is 20.6 Å². The molecule has 28 heavy (non-hydrogen) atoms. The zero-order chi connectivity index (χ0) is 20.2. The molecule has 1 aromatic carbocycles. The van der Waals surface area contributed by atoms with E-state index in [-0.39, 0.29) is 48.5 Å². The van der Waals surface area contributed by atoms with Crippen molar-refractivity contribution in [2.24, 2.45) is 0 Å². The molecule has 0 atom stereocenters. The normalized spacial score (nSPS) is 13.1. The number of aliphatic hydroxyl groups is 1. The van der Waals surface area contributed by atoms with E-state index in [1.54, 1.807) is 0 Å². The predicted octanol–water partition coefficient (Wildman–Crippen LogP) is 4.97. The summed E-state index contributed by atoms with van der Waals surface area (Å²) in [6, 6.07) is 2.16. The van der Waals surface area contributed by atoms with Crippen LogP contribution in [0.2, 0.25) is 10.0 Å². The van der Waals surface area contributed by atoms with Gasteiger partial charge in [0.25, 0.3) is 0 Å². The van der Waals surface area contributed by atoms with Gasteiger partial charge in [-0.1, -0.05) is 35.0 Å². The Hall–Kier alpha value is -0.702. The molecular weight excluding hydrogens is 612 g/mol. The molecule has 0 fully saturated rings. The average Bonchev–Trinajstić information content (AvgIpc) is 2.65. The molecule has 0 saturated heterocycles. The van der Waals surface area contributed by atoms with Gasteiger partial charge in [0, 0.05) is 32.2 Å². The SMILES string of the molecule is OCSc1ccc(C(F)(F)F)nc1.Oc1c(O)c(Cl)c2c(c1Cl)CC[N-]C2.[W]. The standard InChI is InChI=1S/C9H8Cl2NO2.C7H6F3NOS.W/c10-6-4-1-2-12-3-5(4)7(11)9(14)8(6)13;8-7(9,10)6-2-1-5(3-11-6)13-4-12;/h13-14H,1-3H2;1-3,12H,4H2;/q-1;;. The monoisotopic (exact) mass is 625 g/mol. The summed E-state index contributed by atoms with van der Waals surface area (Å²) in [5, 5.41) is 31.8. The van der Waals surface area contributed by atoms with Gasteiger partial charge in [-0.05, 0) is 29.7 Å². The van der Waals surface area contributed by atoms with Gasteiger partial charge in [-0.2, -0.15) is 13.2 Å². The average molecular weight is 626 g/mol. The minimum Gasteiger partial charge on any atom is -0.658 e. The van der Waals surface area contributed by atoms with Crippen molar-refractivity contribution in [3.63, 3.8) is 0 Å². The number of aromatic hydroxyl groups is 2. The third-order valence-electron chi connectivity index (χ3n) is 3.58. The number of rotatable bonds is 2. The van der Waals surface area contributed by atoms with Crippen molar-refractivity contribution in [1.29, 1.82) is 0 Å². The van der Waals surface area contributed by atoms with E-state index in [4.69, 9.17) is 28.3 Å². The number of thioether (sulfide) groups is 1. The van der Waals surface area contributed by atoms with Gasteiger partial charge in [-0.25, -0.2) is 0 Å². The van der Waals surface area contributed by atoms with Gasteiger partial charge in [0.15, 0.2) is 11.5 Å². The Balaban J connectivity index is 0.000000271. The van der Waals surface area contributed by atoms with E-state index in [1.165, 1.54) is 6.07 Å². The van der Waals surface area contributed by atoms with Crippen LogP contribution in [0.3, 0.4) is 0 Å². The number of nitrogens with zero attached hydrogens (tertiary/aromatic N) is 2. The second-order valence-corrected chi connectivity index (χ2v) is 7.06. The van der Waals surface area contributed by atoms with Crippen molar-refractivity contribution < 1.29 is 49.6 Å². The molecule has 0 saturated carbocycles. The molecular formula is C16H14Cl2F3N2O3SW-. The number of hydrogen-bond acceptors (Lipinski definition) is 5. The van der Waals surface area contributed by atoms with Gasteiger partial charge >= 0.3 is 6.18 Å². The number of aromatic nitrogens is 1. The number of pyridine rings is 1. The molecule has 12 heteroatoms. The number of hydrogen-bond donors (Lipinski definition) is 3. The first-order chi connectivity index (χ1) is 12.7. The van der Waals surface area contributed by atoms with Crippen LogP contribution in [0.15, 0.2) is 23.2 Å². The summed E-state index contributed by atoms with van der Waals surface area (Å²) >= 11 is 12.8. The third kappa shape index (κ3) is 6.15. The Morgan fingerprint density at radius 2 is 1.71 bits per heavy atom. The zero-order valence-corrected chi connectivity index (χ0v) is 19.3. The summed E-state index contributed by atoms with van der Waals surface area (Å²) in [4.78, 5) is 3.72. The van der Waals surface area contributed by atoms with E-state index in [0.717, 1.165) is 35.2 Å². The largest absolute Gasteiger partial charge is 0.658 e. The quantitative estimate of drug-likeness (QED) is 0.249. The Labute approximate surface area is 187 Å². The van der Waals surface area contributed by atoms with Crippen LogP contribution in [0, 0.1) is 0 Å². The van der Waals surface area contributed by atoms with E-state index >= 15 is 0 Å². The smallest absolute Gasteiger partial charge is 0.433 e. The molecule has 3 N–H and O–H groups in total. The zero-order valence-electron chi connectivity index (χ0n) is 14.0. The van der Waals surface area contributed by atoms with Crippen molar-refractivity contribution in [2.45, 2.75) is 24.0 Å². The van der Waals surface area contributed by atoms with Crippen LogP contribution in [-0.2, 0) is 40.2 Å². The minimum absolute atomic E-state index is 0. The summed E-state index contributed by atoms with van der Waals surface area (Å²) < 4.78 is 36.0. The van der Waals surface area contributed by atoms with Crippen molar-refractivity contribution in [2.75, 3.05) is 12.5 Å². The molecule has 0 bridgehead atoms. The van der Waals surface area contributed by atoms with Crippen LogP contribution in [0.5, 0.6) is 11.5 Å². The molecule has 154 valence electrons. The van der Waals surface area contributed by atoms with Crippen molar-refractivity contribution in [3.8, 4) is 11.5 Å². The van der Waals surface area contributed by atoms with E-state index in [9.17, 15) is 23.4 Å². The fraction of sp³-hybridized carbons (Fsp3) is 0.312. The van der Waals surface area contributed by atoms with Crippen LogP contribution < -0.4 is 0 Å². The van der Waals surface area contributed by atoms with Crippen LogP contribution in [-0.4, -0.2) is 32.8 Å². The van der Waals surface area contributed by atoms with Crippen molar-refractivity contribution in [1.82, 2.24) is 4.98 Å². The number of fused-ring (bicyclic) bond motifs is 1. The molecule has 5 nitrogen and oxygen atoms in total. The summed E-state index contributed by atoms with van der Waals surface area (Å²) in [6.45, 7) is 1.12. The topological polar surface area (TPSA) is 87.7 Å². The molecule has 1 aliphatic heterocycles. The molecule has 2 heterocycles. The fourth-order valence-electron chi connectivity index (χ4n) is 2.27. The van der Waals surface area contributed by atoms with Crippen molar-refractivity contribution in [3.05, 3.63) is 50.5 Å². The Morgan fingerprint density at radius 1 is 1.11 bits per heavy atom. The summed E-state index contributed by atoms with van der Waals surface area (Å²) in [5.41, 5.74) is 0.593. The minimum atomic E-state index is -4.40. The summed E-state index contributed by atoms with van der Waals surface area (Å²) in [5.74, 6) is -0.864. The molecule has 0 spiro atoms. The fourth-order valence-corrected chi connectivity index (χ4v) is 3.28. The summed E-state index contributed by atoms with van der Waals surface area (Å²) in [7, 11) is 0. The molecule has 0 unspecified atom stereocenters. The van der Waals surface area contributed by atoms with Crippen LogP contribution >= 0.6 is 35.0 Å². The first kappa shape index (κ1) is 25.3. The molecule has 1 aromatic heterocycles. The number of benzene rings is 1. The summed E-state index contributed by atoms with van der Waals surface area (Å²) in [6.07, 6.45) is -2.66. The van der Waals surface area contributed by atoms with Crippen molar-refractivity contribution >= 4 is 35.0 Å². The van der Waals surface area contributed by atoms with E-state index in [0.29, 0.717) is 24.4 Å². The maximum atomic E-state index is 12.0. The van der Waals surface area contributed by atoms with Gasteiger partial charge in [-0.3, -0.25) is 4.98 Å². The number of phenols is 2. The second kappa shape index (κ2) is 10.9. The third-order valence-corrected chi connectivity index (χ3v) is 5.10. The van der Waals surface area contributed by atoms with Crippen LogP contribution in [0.4, 0.5) is 13.2 Å². The Bertz CT molecular complexity index is 774. The number of phenolic OH excluding ortho intramolecular Hbond substituents is 2. The van der Waals surface area contributed by atoms with Gasteiger partial charge in [0.2, 0.25) is 0 Å². The number of aliphatic hydroxyl groups excluding tert-OH is 1. The van der Waals surface area contributed by atoms with Gasteiger partial charge in [-0.15, -0.1) is 13.1 Å². The second-order valence-electron chi connectivity index (χ2n) is 5.29. The van der Waals surface area contributed by atoms with E-state index in [1.807, 2.05) is 0 Å². The van der Waals surface area contributed by atoms with Gasteiger partial charge in [0.1, 0.15) is 5.69 Å². The molecule has 2 aromatic rings. The predicted molar refractivity (Wildman–Crippen MR) is 97.6 cm³/mol. The van der Waals surface area contributed by atoms with E-state index < -0.39 is 11.9 Å². The maximum absolute atomic E-state index is 12.0. The first-order valence-electron chi connectivity index (χ1n) is 7.47.